The van der Waals surface area contributed by atoms with Crippen LogP contribution in [0, 0.1) is 0 Å². The lowest BCUT2D eigenvalue weighted by molar-refractivity contribution is 0.0591. The van der Waals surface area contributed by atoms with Gasteiger partial charge in [0.05, 0.1) is 72.7 Å². The second-order valence-electron chi connectivity index (χ2n) is 12.2. The minimum Gasteiger partial charge on any atom is -0.465 e. The Kier molecular flexibility index (Phi) is 12.3. The number of carbonyl (C=O) groups is 2. The summed E-state index contributed by atoms with van der Waals surface area (Å²) in [6.45, 7) is 4.87. The first-order valence-electron chi connectivity index (χ1n) is 16.9. The third kappa shape index (κ3) is 8.60. The van der Waals surface area contributed by atoms with E-state index < -0.39 is 32.0 Å². The Morgan fingerprint density at radius 3 is 1.63 bits per heavy atom. The molecule has 2 aromatic heterocycles. The topological polar surface area (TPSA) is 165 Å². The molecule has 15 heteroatoms. The van der Waals surface area contributed by atoms with E-state index in [2.05, 4.69) is 30.8 Å². The van der Waals surface area contributed by atoms with Crippen molar-refractivity contribution >= 4 is 43.4 Å². The summed E-state index contributed by atoms with van der Waals surface area (Å²) < 4.78 is 63.1. The zero-order valence-electron chi connectivity index (χ0n) is 29.7. The van der Waals surface area contributed by atoms with Crippen LogP contribution < -0.4 is 13.9 Å². The van der Waals surface area contributed by atoms with Crippen LogP contribution in [0.4, 0.5) is 11.4 Å². The molecule has 0 atom stereocenters. The Morgan fingerprint density at radius 2 is 1.17 bits per heavy atom. The van der Waals surface area contributed by atoms with Crippen molar-refractivity contribution in [2.75, 3.05) is 34.3 Å². The maximum atomic E-state index is 12.7. The Bertz CT molecular complexity index is 1970. The third-order valence-corrected chi connectivity index (χ3v) is 12.5. The third-order valence-electron chi connectivity index (χ3n) is 9.03. The first-order chi connectivity index (χ1) is 24.9. The molecular formula is C37H43N5O8S2. The van der Waals surface area contributed by atoms with E-state index in [9.17, 15) is 26.4 Å². The van der Waals surface area contributed by atoms with Crippen molar-refractivity contribution in [3.05, 3.63) is 118 Å². The molecule has 52 heavy (non-hydrogen) atoms. The second-order valence-corrected chi connectivity index (χ2v) is 16.5. The fraction of sp³-hybridized carbons (Fsp3) is 0.351. The number of hydrogen-bond acceptors (Lipinski definition) is 11. The highest BCUT2D eigenvalue weighted by Gasteiger charge is 2.28. The Hall–Kier alpha value is -4.86. The van der Waals surface area contributed by atoms with E-state index in [1.54, 1.807) is 38.1 Å². The molecule has 0 unspecified atom stereocenters. The molecule has 0 bridgehead atoms. The van der Waals surface area contributed by atoms with Gasteiger partial charge in [-0.15, -0.1) is 0 Å². The number of methoxy groups -OCH3 is 2. The van der Waals surface area contributed by atoms with Gasteiger partial charge in [0.1, 0.15) is 0 Å². The van der Waals surface area contributed by atoms with Gasteiger partial charge < -0.3 is 14.8 Å². The van der Waals surface area contributed by atoms with Crippen molar-refractivity contribution in [2.45, 2.75) is 59.3 Å². The molecule has 2 aromatic carbocycles. The van der Waals surface area contributed by atoms with Gasteiger partial charge in [0, 0.05) is 25.5 Å². The highest BCUT2D eigenvalue weighted by Crippen LogP contribution is 2.34. The summed E-state index contributed by atoms with van der Waals surface area (Å²) in [5, 5.41) is 3.25. The average molecular weight is 750 g/mol. The maximum absolute atomic E-state index is 12.7. The predicted molar refractivity (Wildman–Crippen MR) is 198 cm³/mol. The van der Waals surface area contributed by atoms with Gasteiger partial charge in [0.15, 0.2) is 0 Å². The normalized spacial score (nSPS) is 13.3. The van der Waals surface area contributed by atoms with Gasteiger partial charge in [-0.1, -0.05) is 24.3 Å². The van der Waals surface area contributed by atoms with Gasteiger partial charge >= 0.3 is 11.9 Å². The number of rotatable bonds is 12. The number of ether oxygens (including phenoxy) is 2. The van der Waals surface area contributed by atoms with Gasteiger partial charge in [0.2, 0.25) is 20.0 Å². The van der Waals surface area contributed by atoms with Crippen LogP contribution in [0.1, 0.15) is 74.6 Å². The van der Waals surface area contributed by atoms with E-state index in [0.29, 0.717) is 34.7 Å². The molecule has 1 aliphatic carbocycles. The van der Waals surface area contributed by atoms with Gasteiger partial charge in [-0.05, 0) is 91.8 Å². The second kappa shape index (κ2) is 16.7. The van der Waals surface area contributed by atoms with Gasteiger partial charge in [-0.3, -0.25) is 18.6 Å². The van der Waals surface area contributed by atoms with Crippen LogP contribution in [0.5, 0.6) is 0 Å². The van der Waals surface area contributed by atoms with Gasteiger partial charge in [0.25, 0.3) is 0 Å². The predicted octanol–water partition coefficient (Wildman–Crippen LogP) is 4.54. The molecule has 3 heterocycles. The molecule has 0 saturated carbocycles. The SMILES string of the molecule is CCS(=O)(=O)N(Cc1ccc(C(=O)OC)cn1)c1cccc2c1CCC2.CCS(=O)(=O)N(Cc1ccc(C(=O)OC)cn1)c1cccc2c1CNC2. The summed E-state index contributed by atoms with van der Waals surface area (Å²) in [5.74, 6) is -0.946. The average Bonchev–Trinajstić information content (AvgIpc) is 3.86. The number of esters is 2. The number of pyridine rings is 2. The molecule has 13 nitrogen and oxygen atoms in total. The van der Waals surface area contributed by atoms with Crippen molar-refractivity contribution in [3.8, 4) is 0 Å². The van der Waals surface area contributed by atoms with Gasteiger partial charge in [-0.2, -0.15) is 0 Å². The van der Waals surface area contributed by atoms with Crippen LogP contribution in [-0.4, -0.2) is 64.5 Å². The summed E-state index contributed by atoms with van der Waals surface area (Å²) >= 11 is 0. The quantitative estimate of drug-likeness (QED) is 0.202. The van der Waals surface area contributed by atoms with Crippen molar-refractivity contribution < 1.29 is 35.9 Å². The lowest BCUT2D eigenvalue weighted by atomic mass is 10.1. The van der Waals surface area contributed by atoms with Crippen molar-refractivity contribution in [2.24, 2.45) is 0 Å². The standard InChI is InChI=1S/C19H22N2O4S.C18H21N3O4S/c1-3-26(23,24)21(18-9-5-7-14-6-4-8-17(14)18)13-16-11-10-15(12-20-16)19(22)25-2;1-3-26(23,24)21(17-6-4-5-13-9-19-11-16(13)17)12-15-8-7-14(10-20-15)18(22)25-2/h5,7,9-12H,3-4,6,8,13H2,1-2H3;4-8,10,19H,3,9,11-12H2,1-2H3. The maximum Gasteiger partial charge on any atom is 0.339 e. The number of carbonyl (C=O) groups excluding carboxylic acids is 2. The molecule has 1 N–H and O–H groups in total. The zero-order valence-corrected chi connectivity index (χ0v) is 31.3. The van der Waals surface area contributed by atoms with Gasteiger partial charge in [-0.25, -0.2) is 26.4 Å². The molecule has 6 rings (SSSR count). The van der Waals surface area contributed by atoms with E-state index in [-0.39, 0.29) is 24.6 Å². The number of hydrogen-bond donors (Lipinski definition) is 1. The fourth-order valence-electron chi connectivity index (χ4n) is 6.17. The number of nitrogens with zero attached hydrogens (tertiary/aromatic N) is 4. The molecule has 0 fully saturated rings. The summed E-state index contributed by atoms with van der Waals surface area (Å²) in [7, 11) is -4.34. The van der Waals surface area contributed by atoms with Crippen LogP contribution in [0.15, 0.2) is 73.1 Å². The summed E-state index contributed by atoms with van der Waals surface area (Å²) in [4.78, 5) is 31.5. The number of benzene rings is 2. The number of sulfonamides is 2. The molecule has 0 amide bonds. The van der Waals surface area contributed by atoms with E-state index in [4.69, 9.17) is 0 Å². The van der Waals surface area contributed by atoms with Crippen molar-refractivity contribution in [1.29, 1.82) is 0 Å². The van der Waals surface area contributed by atoms with Crippen LogP contribution in [0.3, 0.4) is 0 Å². The number of aryl methyl sites for hydroxylation is 1. The minimum atomic E-state index is -3.49. The monoisotopic (exact) mass is 749 g/mol. The molecule has 0 radical (unpaired) electrons. The summed E-state index contributed by atoms with van der Waals surface area (Å²) in [5.41, 5.74) is 7.62. The lowest BCUT2D eigenvalue weighted by Crippen LogP contribution is -2.33. The summed E-state index contributed by atoms with van der Waals surface area (Å²) in [6.07, 6.45) is 5.71. The molecular weight excluding hydrogens is 707 g/mol. The largest absolute Gasteiger partial charge is 0.465 e. The van der Waals surface area contributed by atoms with Crippen LogP contribution in [0.2, 0.25) is 0 Å². The van der Waals surface area contributed by atoms with Crippen molar-refractivity contribution in [1.82, 2.24) is 15.3 Å². The molecule has 0 spiro atoms. The number of aromatic nitrogens is 2. The fourth-order valence-corrected chi connectivity index (χ4v) is 8.39. The number of fused-ring (bicyclic) bond motifs is 2. The van der Waals surface area contributed by atoms with Crippen LogP contribution in [-0.2, 0) is 68.5 Å². The van der Waals surface area contributed by atoms with E-state index in [0.717, 1.165) is 48.2 Å². The Balaban J connectivity index is 0.000000201. The smallest absolute Gasteiger partial charge is 0.339 e. The van der Waals surface area contributed by atoms with E-state index in [1.807, 2.05) is 30.3 Å². The van der Waals surface area contributed by atoms with Crippen LogP contribution >= 0.6 is 0 Å². The van der Waals surface area contributed by atoms with E-state index in [1.165, 1.54) is 40.8 Å². The Morgan fingerprint density at radius 1 is 0.673 bits per heavy atom. The molecule has 2 aliphatic rings. The van der Waals surface area contributed by atoms with Crippen LogP contribution in [0.25, 0.3) is 0 Å². The summed E-state index contributed by atoms with van der Waals surface area (Å²) in [6, 6.07) is 18.0. The lowest BCUT2D eigenvalue weighted by Gasteiger charge is -2.26. The minimum absolute atomic E-state index is 0.00958. The van der Waals surface area contributed by atoms with Crippen molar-refractivity contribution in [3.63, 3.8) is 0 Å². The first kappa shape index (κ1) is 38.4. The highest BCUT2D eigenvalue weighted by molar-refractivity contribution is 7.93. The van der Waals surface area contributed by atoms with E-state index >= 15 is 0 Å². The first-order valence-corrected chi connectivity index (χ1v) is 20.1. The Labute approximate surface area is 305 Å². The number of anilines is 2. The molecule has 0 saturated heterocycles. The number of nitrogens with one attached hydrogen (secondary N) is 1. The molecule has 276 valence electrons. The highest BCUT2D eigenvalue weighted by atomic mass is 32.2. The molecule has 4 aromatic rings. The zero-order chi connectivity index (χ0) is 37.5. The molecule has 1 aliphatic heterocycles.